The second-order valence-electron chi connectivity index (χ2n) is 3.95. The summed E-state index contributed by atoms with van der Waals surface area (Å²) in [7, 11) is 0. The number of aryl methyl sites for hydroxylation is 1. The lowest BCUT2D eigenvalue weighted by molar-refractivity contribution is 0.682. The molecule has 2 N–H and O–H groups in total. The maximum atomic E-state index is 6.02. The van der Waals surface area contributed by atoms with Gasteiger partial charge < -0.3 is 10.6 Å². The molecule has 1 aromatic carbocycles. The zero-order valence-electron chi connectivity index (χ0n) is 8.79. The minimum Gasteiger partial charge on any atom is -0.397 e. The van der Waals surface area contributed by atoms with E-state index in [2.05, 4.69) is 24.0 Å². The van der Waals surface area contributed by atoms with Gasteiger partial charge in [-0.2, -0.15) is 0 Å². The molecule has 1 aliphatic rings. The summed E-state index contributed by atoms with van der Waals surface area (Å²) in [5.41, 5.74) is 9.67. The Kier molecular flexibility index (Phi) is 2.62. The Morgan fingerprint density at radius 2 is 2.29 bits per heavy atom. The van der Waals surface area contributed by atoms with E-state index in [1.54, 1.807) is 0 Å². The normalized spacial score (nSPS) is 15.4. The van der Waals surface area contributed by atoms with Gasteiger partial charge in [-0.05, 0) is 30.9 Å². The van der Waals surface area contributed by atoms with Crippen LogP contribution in [-0.4, -0.2) is 13.1 Å². The molecule has 2 nitrogen and oxygen atoms in total. The number of para-hydroxylation sites is 1. The predicted molar refractivity (Wildman–Crippen MR) is 61.7 cm³/mol. The van der Waals surface area contributed by atoms with E-state index in [9.17, 15) is 0 Å². The highest BCUT2D eigenvalue weighted by Gasteiger charge is 2.17. The molecule has 2 rings (SSSR count). The standard InChI is InChI=1S/C12H18N2/c1-2-8-14-9-4-6-10-5-3-7-11(13)12(10)14/h3,5,7H,2,4,6,8-9,13H2,1H3. The van der Waals surface area contributed by atoms with Crippen molar-refractivity contribution < 1.29 is 0 Å². The second kappa shape index (κ2) is 3.91. The van der Waals surface area contributed by atoms with Gasteiger partial charge in [0.25, 0.3) is 0 Å². The quantitative estimate of drug-likeness (QED) is 0.726. The van der Waals surface area contributed by atoms with Crippen LogP contribution in [0.5, 0.6) is 0 Å². The summed E-state index contributed by atoms with van der Waals surface area (Å²) >= 11 is 0. The van der Waals surface area contributed by atoms with Crippen LogP contribution in [-0.2, 0) is 6.42 Å². The molecular formula is C12H18N2. The molecule has 14 heavy (non-hydrogen) atoms. The van der Waals surface area contributed by atoms with Crippen molar-refractivity contribution >= 4 is 11.4 Å². The Morgan fingerprint density at radius 3 is 3.07 bits per heavy atom. The van der Waals surface area contributed by atoms with Crippen molar-refractivity contribution in [2.45, 2.75) is 26.2 Å². The number of hydrogen-bond donors (Lipinski definition) is 1. The summed E-state index contributed by atoms with van der Waals surface area (Å²) in [5, 5.41) is 0. The van der Waals surface area contributed by atoms with Crippen molar-refractivity contribution in [3.05, 3.63) is 23.8 Å². The fourth-order valence-corrected chi connectivity index (χ4v) is 2.26. The van der Waals surface area contributed by atoms with Crippen LogP contribution in [0.2, 0.25) is 0 Å². The average molecular weight is 190 g/mol. The average Bonchev–Trinajstić information content (AvgIpc) is 2.19. The minimum absolute atomic E-state index is 0.940. The third-order valence-corrected chi connectivity index (χ3v) is 2.83. The molecule has 0 aromatic heterocycles. The van der Waals surface area contributed by atoms with E-state index in [4.69, 9.17) is 5.73 Å². The maximum absolute atomic E-state index is 6.02. The summed E-state index contributed by atoms with van der Waals surface area (Å²) < 4.78 is 0. The molecule has 0 fully saturated rings. The van der Waals surface area contributed by atoms with E-state index in [1.807, 2.05) is 6.07 Å². The molecule has 0 amide bonds. The molecule has 0 spiro atoms. The zero-order valence-corrected chi connectivity index (χ0v) is 8.79. The Hall–Kier alpha value is -1.18. The summed E-state index contributed by atoms with van der Waals surface area (Å²) in [5.74, 6) is 0. The number of benzene rings is 1. The van der Waals surface area contributed by atoms with E-state index < -0.39 is 0 Å². The van der Waals surface area contributed by atoms with Crippen molar-refractivity contribution in [1.82, 2.24) is 0 Å². The van der Waals surface area contributed by atoms with E-state index in [0.717, 1.165) is 18.8 Å². The zero-order chi connectivity index (χ0) is 9.97. The first kappa shape index (κ1) is 9.38. The predicted octanol–water partition coefficient (Wildman–Crippen LogP) is 2.43. The van der Waals surface area contributed by atoms with E-state index in [-0.39, 0.29) is 0 Å². The highest BCUT2D eigenvalue weighted by molar-refractivity contribution is 5.72. The lowest BCUT2D eigenvalue weighted by atomic mass is 10.0. The summed E-state index contributed by atoms with van der Waals surface area (Å²) in [6.07, 6.45) is 3.63. The minimum atomic E-state index is 0.940. The number of fused-ring (bicyclic) bond motifs is 1. The van der Waals surface area contributed by atoms with Crippen LogP contribution in [0, 0.1) is 0 Å². The van der Waals surface area contributed by atoms with Crippen LogP contribution in [0.1, 0.15) is 25.3 Å². The van der Waals surface area contributed by atoms with Crippen LogP contribution in [0.4, 0.5) is 11.4 Å². The molecule has 0 aliphatic carbocycles. The maximum Gasteiger partial charge on any atom is 0.0632 e. The van der Waals surface area contributed by atoms with E-state index in [1.165, 1.54) is 30.5 Å². The van der Waals surface area contributed by atoms with Crippen molar-refractivity contribution in [2.24, 2.45) is 0 Å². The third kappa shape index (κ3) is 1.57. The number of anilines is 2. The molecular weight excluding hydrogens is 172 g/mol. The molecule has 2 heteroatoms. The molecule has 76 valence electrons. The molecule has 0 bridgehead atoms. The van der Waals surface area contributed by atoms with Crippen molar-refractivity contribution in [3.63, 3.8) is 0 Å². The molecule has 0 radical (unpaired) electrons. The first-order valence-corrected chi connectivity index (χ1v) is 5.45. The van der Waals surface area contributed by atoms with Crippen LogP contribution >= 0.6 is 0 Å². The fraction of sp³-hybridized carbons (Fsp3) is 0.500. The Bertz CT molecular complexity index is 320. The number of nitrogens with zero attached hydrogens (tertiary/aromatic N) is 1. The number of nitrogen functional groups attached to an aromatic ring is 1. The number of hydrogen-bond acceptors (Lipinski definition) is 2. The van der Waals surface area contributed by atoms with Gasteiger partial charge in [-0.3, -0.25) is 0 Å². The van der Waals surface area contributed by atoms with Crippen LogP contribution in [0.3, 0.4) is 0 Å². The lowest BCUT2D eigenvalue weighted by Gasteiger charge is -2.32. The molecule has 0 saturated carbocycles. The molecule has 0 saturated heterocycles. The van der Waals surface area contributed by atoms with Gasteiger partial charge in [-0.1, -0.05) is 19.1 Å². The van der Waals surface area contributed by atoms with Gasteiger partial charge in [0.1, 0.15) is 0 Å². The second-order valence-corrected chi connectivity index (χ2v) is 3.95. The monoisotopic (exact) mass is 190 g/mol. The Labute approximate surface area is 85.7 Å². The van der Waals surface area contributed by atoms with Crippen LogP contribution < -0.4 is 10.6 Å². The van der Waals surface area contributed by atoms with Crippen LogP contribution in [0.15, 0.2) is 18.2 Å². The number of nitrogens with two attached hydrogens (primary N) is 1. The van der Waals surface area contributed by atoms with Gasteiger partial charge in [0, 0.05) is 13.1 Å². The first-order chi connectivity index (χ1) is 6.83. The van der Waals surface area contributed by atoms with Crippen LogP contribution in [0.25, 0.3) is 0 Å². The summed E-state index contributed by atoms with van der Waals surface area (Å²) in [4.78, 5) is 2.42. The summed E-state index contributed by atoms with van der Waals surface area (Å²) in [6, 6.07) is 6.27. The van der Waals surface area contributed by atoms with Gasteiger partial charge in [0.15, 0.2) is 0 Å². The first-order valence-electron chi connectivity index (χ1n) is 5.45. The Morgan fingerprint density at radius 1 is 1.43 bits per heavy atom. The molecule has 1 aliphatic heterocycles. The SMILES string of the molecule is CCCN1CCCc2cccc(N)c21. The fourth-order valence-electron chi connectivity index (χ4n) is 2.26. The van der Waals surface area contributed by atoms with E-state index >= 15 is 0 Å². The molecule has 1 heterocycles. The lowest BCUT2D eigenvalue weighted by Crippen LogP contribution is -2.30. The number of rotatable bonds is 2. The summed E-state index contributed by atoms with van der Waals surface area (Å²) in [6.45, 7) is 4.50. The van der Waals surface area contributed by atoms with Crippen molar-refractivity contribution in [2.75, 3.05) is 23.7 Å². The largest absolute Gasteiger partial charge is 0.397 e. The van der Waals surface area contributed by atoms with Gasteiger partial charge in [0.05, 0.1) is 11.4 Å². The van der Waals surface area contributed by atoms with Crippen molar-refractivity contribution in [1.29, 1.82) is 0 Å². The highest BCUT2D eigenvalue weighted by atomic mass is 15.1. The third-order valence-electron chi connectivity index (χ3n) is 2.83. The smallest absolute Gasteiger partial charge is 0.0632 e. The molecule has 1 aromatic rings. The van der Waals surface area contributed by atoms with Gasteiger partial charge in [-0.25, -0.2) is 0 Å². The van der Waals surface area contributed by atoms with Gasteiger partial charge >= 0.3 is 0 Å². The van der Waals surface area contributed by atoms with Crippen molar-refractivity contribution in [3.8, 4) is 0 Å². The highest BCUT2D eigenvalue weighted by Crippen LogP contribution is 2.32. The van der Waals surface area contributed by atoms with E-state index in [0.29, 0.717) is 0 Å². The van der Waals surface area contributed by atoms with Gasteiger partial charge in [0.2, 0.25) is 0 Å². The van der Waals surface area contributed by atoms with Gasteiger partial charge in [-0.15, -0.1) is 0 Å². The Balaban J connectivity index is 2.36. The molecule has 0 unspecified atom stereocenters. The molecule has 0 atom stereocenters. The topological polar surface area (TPSA) is 29.3 Å².